The minimum Gasteiger partial charge on any atom is -0.456 e. The molecule has 0 fully saturated rings. The Morgan fingerprint density at radius 1 is 0.194 bits per heavy atom. The summed E-state index contributed by atoms with van der Waals surface area (Å²) in [5.74, 6) is 0. The van der Waals surface area contributed by atoms with Gasteiger partial charge in [-0.2, -0.15) is 0 Å². The third-order valence-corrected chi connectivity index (χ3v) is 72.4. The average molecular weight is 1740 g/mol. The molecule has 0 amide bonds. The van der Waals surface area contributed by atoms with Gasteiger partial charge in [0.05, 0.1) is 58.7 Å². The Kier molecular flexibility index (Phi) is 58.6. The van der Waals surface area contributed by atoms with Crippen molar-refractivity contribution in [3.05, 3.63) is 0 Å². The molecule has 0 heterocycles. The Morgan fingerprint density at radius 3 is 0.444 bits per heavy atom. The molecule has 108 heavy (non-hydrogen) atoms. The van der Waals surface area contributed by atoms with Crippen molar-refractivity contribution in [1.82, 2.24) is 0 Å². The first-order valence-electron chi connectivity index (χ1n) is 44.3. The van der Waals surface area contributed by atoms with Crippen LogP contribution in [0.2, 0.25) is 252 Å². The predicted octanol–water partition coefficient (Wildman–Crippen LogP) is 22.4. The average Bonchev–Trinajstić information content (AvgIpc) is 0.842. The summed E-state index contributed by atoms with van der Waals surface area (Å²) in [6.07, 6.45) is 2.74. The van der Waals surface area contributed by atoms with Crippen LogP contribution in [-0.4, -0.2) is 247 Å². The van der Waals surface area contributed by atoms with Gasteiger partial charge in [0.1, 0.15) is 48.8 Å². The largest absolute Gasteiger partial charge is 0.456 e. The van der Waals surface area contributed by atoms with Crippen molar-refractivity contribution in [3.63, 3.8) is 0 Å². The van der Waals surface area contributed by atoms with E-state index in [9.17, 15) is 20.4 Å². The lowest BCUT2D eigenvalue weighted by Crippen LogP contribution is -2.52. The van der Waals surface area contributed by atoms with Gasteiger partial charge in [-0.15, -0.1) is 0 Å². The summed E-state index contributed by atoms with van der Waals surface area (Å²) >= 11 is 0. The van der Waals surface area contributed by atoms with Gasteiger partial charge in [-0.3, -0.25) is 0 Å². The highest BCUT2D eigenvalue weighted by Crippen LogP contribution is 2.34. The molecule has 0 unspecified atom stereocenters. The van der Waals surface area contributed by atoms with E-state index in [0.29, 0.717) is 52.9 Å². The highest BCUT2D eigenvalue weighted by Gasteiger charge is 2.43. The molecule has 0 aliphatic heterocycles. The normalized spacial score (nSPS) is 16.1. The molecule has 0 bridgehead atoms. The maximum atomic E-state index is 10.9. The van der Waals surface area contributed by atoms with E-state index in [1.165, 1.54) is 96.7 Å². The van der Waals surface area contributed by atoms with Gasteiger partial charge in [0.2, 0.25) is 0 Å². The molecule has 0 aliphatic rings. The van der Waals surface area contributed by atoms with Gasteiger partial charge in [-0.1, -0.05) is 180 Å². The summed E-state index contributed by atoms with van der Waals surface area (Å²) in [7, 11) is -19.2. The topological polar surface area (TPSA) is 192 Å². The Bertz CT molecular complexity index is 1990. The molecular weight excluding hydrogens is 1550 g/mol. The van der Waals surface area contributed by atoms with Gasteiger partial charge >= 0.3 is 0 Å². The van der Waals surface area contributed by atoms with Crippen molar-refractivity contribution >= 4 is 98.8 Å². The van der Waals surface area contributed by atoms with Crippen LogP contribution >= 0.6 is 0 Å². The number of hydrogen-bond donors (Lipinski definition) is 4. The number of hydrogen-bond acceptors (Lipinski definition) is 16. The lowest BCUT2D eigenvalue weighted by atomic mass is 10.0. The molecule has 28 heteroatoms. The van der Waals surface area contributed by atoms with E-state index in [4.69, 9.17) is 54.4 Å². The molecule has 4 N–H and O–H groups in total. The fourth-order valence-corrected chi connectivity index (χ4v) is 62.9. The molecule has 16 nitrogen and oxygen atoms in total. The van der Waals surface area contributed by atoms with Crippen LogP contribution in [0.5, 0.6) is 0 Å². The maximum Gasteiger partial charge on any atom is 0.173 e. The molecule has 0 radical (unpaired) electrons. The molecule has 0 aromatic heterocycles. The second-order valence-electron chi connectivity index (χ2n) is 38.7. The molecule has 0 spiro atoms. The molecule has 652 valence electrons. The minimum absolute atomic E-state index is 0.132. The maximum absolute atomic E-state index is 10.9. The number of aliphatic hydroxyl groups excluding tert-OH is 4. The van der Waals surface area contributed by atoms with E-state index in [2.05, 4.69) is 214 Å². The predicted molar refractivity (Wildman–Crippen MR) is 498 cm³/mol. The first-order chi connectivity index (χ1) is 50.1. The summed E-state index contributed by atoms with van der Waals surface area (Å²) in [6, 6.07) is 24.7. The molecule has 0 aromatic carbocycles. The second-order valence-corrected chi connectivity index (χ2v) is 97.4. The van der Waals surface area contributed by atoms with Crippen LogP contribution in [-0.2, 0) is 54.4 Å². The number of ether oxygens (including phenoxy) is 8. The van der Waals surface area contributed by atoms with Crippen LogP contribution in [0.3, 0.4) is 0 Å². The minimum atomic E-state index is -1.89. The van der Waals surface area contributed by atoms with Crippen molar-refractivity contribution < 1.29 is 74.8 Å². The summed E-state index contributed by atoms with van der Waals surface area (Å²) in [4.78, 5) is 0. The van der Waals surface area contributed by atoms with Crippen LogP contribution in [0, 0.1) is 0 Å². The Balaban J connectivity index is 0. The quantitative estimate of drug-likeness (QED) is 0.0332. The van der Waals surface area contributed by atoms with Crippen molar-refractivity contribution in [2.75, 3.05) is 79.3 Å². The molecule has 0 rings (SSSR count). The molecular formula is C80H188O16Si12. The standard InChI is InChI=1S/C42H94O6Si4.C38H94O10Si8/c1-13-49(14-2,15-3)33-25-29-45-39(37-43)41(47-31-27-35-51(19-7,20-8)21-9)42(48-32-28-36-52(22-10,23-11)24-12)40(38-44)46-30-26-34-50(16-4,17-5)18-6;1-49(2,3)45-53(13,14)29-21-25-41-35(33-39)37(43-27-23-31-55(17,18)47-51(7,8)9)38(44-28-24-32-56(19,20)48-52(10,11)12)36(34-40)42-26-22-30-54(15,16)46-50(4,5)6/h39-44H,13-38H2,1-12H3;35-40H,21-34H2,1-20H3/t39-,40-,41-,42+;35-,36-,37-,38+/m00/s1. The zero-order chi connectivity index (χ0) is 83.4. The lowest BCUT2D eigenvalue weighted by Gasteiger charge is -2.37. The summed E-state index contributed by atoms with van der Waals surface area (Å²) in [5.41, 5.74) is 0. The summed E-state index contributed by atoms with van der Waals surface area (Å²) in [6.45, 7) is 77.3. The molecule has 0 aliphatic carbocycles. The van der Waals surface area contributed by atoms with E-state index in [0.717, 1.165) is 75.5 Å². The molecule has 8 atom stereocenters. The SMILES string of the molecule is CC[Si](CC)(CC)CCCO[C@H]([C@H](OCCC[Si](CC)(CC)CC)[C@H](CO)OCCC[Si](CC)(CC)CC)[C@H](CO)OCCC[Si](CC)(CC)CC.C[Si](C)(C)O[Si](C)(C)CCCO[C@H]([C@H](OCCC[Si](C)(C)O[Si](C)(C)C)[C@H](CO)OCCC[Si](C)(C)O[Si](C)(C)C)[C@H](CO)OCCC[Si](C)(C)O[Si](C)(C)C. The molecule has 0 saturated heterocycles. The molecule has 0 aromatic rings. The number of rotatable bonds is 70. The molecule has 0 saturated carbocycles. The van der Waals surface area contributed by atoms with Crippen molar-refractivity contribution in [2.45, 2.75) is 435 Å². The fraction of sp³-hybridized carbons (Fsp3) is 1.00. The van der Waals surface area contributed by atoms with Gasteiger partial charge in [0.15, 0.2) is 66.5 Å². The van der Waals surface area contributed by atoms with E-state index < -0.39 is 148 Å². The van der Waals surface area contributed by atoms with Gasteiger partial charge in [-0.05, 0) is 206 Å². The van der Waals surface area contributed by atoms with E-state index in [1.807, 2.05) is 0 Å². The third kappa shape index (κ3) is 49.5. The summed E-state index contributed by atoms with van der Waals surface area (Å²) < 4.78 is 79.8. The smallest absolute Gasteiger partial charge is 0.173 e. The first-order valence-corrected chi connectivity index (χ1v) is 81.7. The van der Waals surface area contributed by atoms with Crippen LogP contribution in [0.4, 0.5) is 0 Å². The van der Waals surface area contributed by atoms with Gasteiger partial charge in [0, 0.05) is 52.9 Å². The van der Waals surface area contributed by atoms with Crippen molar-refractivity contribution in [1.29, 1.82) is 0 Å². The zero-order valence-corrected chi connectivity index (χ0v) is 89.6. The Hall–Kier alpha value is 1.96. The van der Waals surface area contributed by atoms with E-state index in [1.54, 1.807) is 0 Å². The Labute approximate surface area is 683 Å². The third-order valence-electron chi connectivity index (χ3n) is 23.8. The summed E-state index contributed by atoms with van der Waals surface area (Å²) in [5, 5.41) is 43.7. The van der Waals surface area contributed by atoms with Crippen LogP contribution in [0.1, 0.15) is 134 Å². The van der Waals surface area contributed by atoms with Gasteiger partial charge in [-0.25, -0.2) is 0 Å². The van der Waals surface area contributed by atoms with Crippen LogP contribution in [0.25, 0.3) is 0 Å². The van der Waals surface area contributed by atoms with Gasteiger partial charge < -0.3 is 74.8 Å². The zero-order valence-electron chi connectivity index (χ0n) is 77.6. The Morgan fingerprint density at radius 2 is 0.324 bits per heavy atom. The van der Waals surface area contributed by atoms with Crippen LogP contribution < -0.4 is 0 Å². The monoisotopic (exact) mass is 1740 g/mol. The highest BCUT2D eigenvalue weighted by molar-refractivity contribution is 6.86. The van der Waals surface area contributed by atoms with Gasteiger partial charge in [0.25, 0.3) is 0 Å². The second kappa shape index (κ2) is 56.5. The lowest BCUT2D eigenvalue weighted by molar-refractivity contribution is -0.191. The van der Waals surface area contributed by atoms with E-state index in [-0.39, 0.29) is 26.4 Å². The van der Waals surface area contributed by atoms with Crippen molar-refractivity contribution in [3.8, 4) is 0 Å². The fourth-order valence-electron chi connectivity index (χ4n) is 16.9. The first kappa shape index (κ1) is 112. The van der Waals surface area contributed by atoms with Crippen LogP contribution in [0.15, 0.2) is 0 Å². The highest BCUT2D eigenvalue weighted by atomic mass is 28.4. The van der Waals surface area contributed by atoms with E-state index >= 15 is 0 Å². The number of aliphatic hydroxyl groups is 4. The van der Waals surface area contributed by atoms with Crippen molar-refractivity contribution in [2.24, 2.45) is 0 Å².